The van der Waals surface area contributed by atoms with Crippen LogP contribution in [0.1, 0.15) is 66.3 Å². The van der Waals surface area contributed by atoms with Gasteiger partial charge in [-0.15, -0.1) is 0 Å². The lowest BCUT2D eigenvalue weighted by Crippen LogP contribution is -2.45. The van der Waals surface area contributed by atoms with E-state index in [1.807, 2.05) is 19.9 Å². The molecule has 1 aromatic rings. The van der Waals surface area contributed by atoms with Gasteiger partial charge in [0.05, 0.1) is 28.4 Å². The number of ether oxygens (including phenoxy) is 2. The average molecular weight is 455 g/mol. The lowest BCUT2D eigenvalue weighted by molar-refractivity contribution is -0.139. The zero-order valence-electron chi connectivity index (χ0n) is 19.3. The molecule has 0 saturated carbocycles. The molecule has 2 atom stereocenters. The molecule has 2 fully saturated rings. The quantitative estimate of drug-likeness (QED) is 0.697. The molecule has 2 saturated heterocycles. The maximum atomic E-state index is 13.5. The van der Waals surface area contributed by atoms with Crippen molar-refractivity contribution in [3.05, 3.63) is 45.7 Å². The van der Waals surface area contributed by atoms with Gasteiger partial charge in [-0.05, 0) is 70.3 Å². The molecule has 5 rings (SSSR count). The molecular formula is C25H30N2O6. The first-order valence-electron chi connectivity index (χ1n) is 11.6. The normalized spacial score (nSPS) is 25.6. The fraction of sp³-hybridized carbons (Fsp3) is 0.560. The highest BCUT2D eigenvalue weighted by Crippen LogP contribution is 2.47. The van der Waals surface area contributed by atoms with Gasteiger partial charge < -0.3 is 24.4 Å². The van der Waals surface area contributed by atoms with Crippen LogP contribution in [0.3, 0.4) is 0 Å². The number of esters is 2. The monoisotopic (exact) mass is 454 g/mol. The molecule has 0 unspecified atom stereocenters. The van der Waals surface area contributed by atoms with Gasteiger partial charge in [0.1, 0.15) is 13.2 Å². The summed E-state index contributed by atoms with van der Waals surface area (Å²) in [6, 6.07) is 3.59. The number of aliphatic hydroxyl groups excluding tert-OH is 1. The first kappa shape index (κ1) is 22.1. The summed E-state index contributed by atoms with van der Waals surface area (Å²) in [4.78, 5) is 41.1. The minimum Gasteiger partial charge on any atom is -0.457 e. The van der Waals surface area contributed by atoms with E-state index in [2.05, 4.69) is 4.90 Å². The van der Waals surface area contributed by atoms with E-state index in [4.69, 9.17) is 9.47 Å². The molecule has 0 radical (unpaired) electrons. The van der Waals surface area contributed by atoms with Crippen LogP contribution in [0.25, 0.3) is 0 Å². The van der Waals surface area contributed by atoms with E-state index >= 15 is 0 Å². The summed E-state index contributed by atoms with van der Waals surface area (Å²) in [5.41, 5.74) is 4.00. The third-order valence-electron chi connectivity index (χ3n) is 7.98. The summed E-state index contributed by atoms with van der Waals surface area (Å²) in [5.74, 6) is -0.547. The number of hydrogen-bond donors (Lipinski definition) is 1. The van der Waals surface area contributed by atoms with Crippen LogP contribution in [0.4, 0.5) is 0 Å². The van der Waals surface area contributed by atoms with Crippen molar-refractivity contribution in [3.63, 3.8) is 0 Å². The van der Waals surface area contributed by atoms with E-state index in [-0.39, 0.29) is 37.1 Å². The third-order valence-corrected chi connectivity index (χ3v) is 7.98. The number of benzene rings is 1. The first-order chi connectivity index (χ1) is 15.7. The standard InChI is InChI=1S/C25H30N2O6/c1-14-10-25(24(31)27(14)20-13-33-22(29)16(20)3)6-8-26(9-7-25)11-21(28)17-4-5-18-19(15(17)2)12-32-23(18)30/h4-5,14,21,28H,6-13H2,1-3H3/t14-,21-/m0/s1. The number of nitrogens with zero attached hydrogens (tertiary/aromatic N) is 2. The molecule has 0 aliphatic carbocycles. The van der Waals surface area contributed by atoms with E-state index in [1.54, 1.807) is 17.9 Å². The molecule has 4 aliphatic rings. The largest absolute Gasteiger partial charge is 0.457 e. The Bertz CT molecular complexity index is 1070. The number of amides is 1. The van der Waals surface area contributed by atoms with Crippen molar-refractivity contribution in [2.45, 2.75) is 58.8 Å². The molecule has 0 aromatic heterocycles. The van der Waals surface area contributed by atoms with E-state index < -0.39 is 11.5 Å². The molecule has 4 aliphatic heterocycles. The van der Waals surface area contributed by atoms with E-state index in [1.165, 1.54) is 0 Å². The Morgan fingerprint density at radius 3 is 2.45 bits per heavy atom. The molecule has 1 N–H and O–H groups in total. The number of fused-ring (bicyclic) bond motifs is 1. The minimum atomic E-state index is -0.677. The molecule has 1 aromatic carbocycles. The third kappa shape index (κ3) is 3.47. The Kier molecular flexibility index (Phi) is 5.33. The second-order valence-electron chi connectivity index (χ2n) is 9.85. The van der Waals surface area contributed by atoms with Crippen LogP contribution in [-0.2, 0) is 25.7 Å². The van der Waals surface area contributed by atoms with Gasteiger partial charge in [0.15, 0.2) is 0 Å². The van der Waals surface area contributed by atoms with E-state index in [0.717, 1.165) is 49.0 Å². The number of cyclic esters (lactones) is 2. The molecular weight excluding hydrogens is 424 g/mol. The molecule has 1 amide bonds. The number of rotatable bonds is 4. The lowest BCUT2D eigenvalue weighted by atomic mass is 9.76. The summed E-state index contributed by atoms with van der Waals surface area (Å²) < 4.78 is 10.3. The SMILES string of the molecule is CC1=C(N2C(=O)C3(CCN(C[C@H](O)c4ccc5c(c4C)COC5=O)CC3)C[C@@H]2C)COC1=O. The Morgan fingerprint density at radius 2 is 1.79 bits per heavy atom. The molecule has 176 valence electrons. The molecule has 0 bridgehead atoms. The molecule has 8 heteroatoms. The van der Waals surface area contributed by atoms with Gasteiger partial charge in [-0.2, -0.15) is 0 Å². The van der Waals surface area contributed by atoms with Crippen molar-refractivity contribution >= 4 is 17.8 Å². The predicted octanol–water partition coefficient (Wildman–Crippen LogP) is 2.23. The van der Waals surface area contributed by atoms with Gasteiger partial charge in [-0.1, -0.05) is 6.07 Å². The van der Waals surface area contributed by atoms with Crippen LogP contribution in [0.2, 0.25) is 0 Å². The fourth-order valence-electron chi connectivity index (χ4n) is 5.96. The van der Waals surface area contributed by atoms with Crippen LogP contribution in [-0.4, -0.2) is 65.0 Å². The number of piperidine rings is 1. The first-order valence-corrected chi connectivity index (χ1v) is 11.6. The highest BCUT2D eigenvalue weighted by Gasteiger charge is 2.53. The summed E-state index contributed by atoms with van der Waals surface area (Å²) in [6.45, 7) is 8.04. The number of β-amino-alcohol motifs (C(OH)–C–C–N with tert-alkyl or cyclic N) is 1. The summed E-state index contributed by atoms with van der Waals surface area (Å²) in [7, 11) is 0. The van der Waals surface area contributed by atoms with Crippen LogP contribution in [0, 0.1) is 12.3 Å². The minimum absolute atomic E-state index is 0.0353. The smallest absolute Gasteiger partial charge is 0.338 e. The van der Waals surface area contributed by atoms with Gasteiger partial charge in [-0.3, -0.25) is 4.79 Å². The van der Waals surface area contributed by atoms with Gasteiger partial charge >= 0.3 is 11.9 Å². The maximum Gasteiger partial charge on any atom is 0.338 e. The zero-order valence-corrected chi connectivity index (χ0v) is 19.3. The second-order valence-corrected chi connectivity index (χ2v) is 9.85. The molecule has 1 spiro atoms. The van der Waals surface area contributed by atoms with Gasteiger partial charge in [0.2, 0.25) is 5.91 Å². The van der Waals surface area contributed by atoms with Gasteiger partial charge in [0.25, 0.3) is 0 Å². The van der Waals surface area contributed by atoms with Crippen molar-refractivity contribution in [3.8, 4) is 0 Å². The van der Waals surface area contributed by atoms with Crippen molar-refractivity contribution < 1.29 is 29.0 Å². The van der Waals surface area contributed by atoms with Gasteiger partial charge in [0, 0.05) is 18.2 Å². The van der Waals surface area contributed by atoms with Crippen LogP contribution >= 0.6 is 0 Å². The highest BCUT2D eigenvalue weighted by molar-refractivity contribution is 5.95. The Morgan fingerprint density at radius 1 is 1.09 bits per heavy atom. The molecule has 4 heterocycles. The number of carbonyl (C=O) groups excluding carboxylic acids is 3. The van der Waals surface area contributed by atoms with Crippen molar-refractivity contribution in [1.82, 2.24) is 9.80 Å². The second kappa shape index (κ2) is 7.95. The van der Waals surface area contributed by atoms with Crippen molar-refractivity contribution in [2.24, 2.45) is 5.41 Å². The van der Waals surface area contributed by atoms with E-state index in [9.17, 15) is 19.5 Å². The molecule has 33 heavy (non-hydrogen) atoms. The number of likely N-dealkylation sites (tertiary alicyclic amines) is 2. The summed E-state index contributed by atoms with van der Waals surface area (Å²) >= 11 is 0. The maximum absolute atomic E-state index is 13.5. The lowest BCUT2D eigenvalue weighted by Gasteiger charge is -2.38. The van der Waals surface area contributed by atoms with Crippen LogP contribution in [0.15, 0.2) is 23.4 Å². The van der Waals surface area contributed by atoms with Crippen LogP contribution in [0.5, 0.6) is 0 Å². The Labute approximate surface area is 193 Å². The van der Waals surface area contributed by atoms with Gasteiger partial charge in [-0.25, -0.2) is 9.59 Å². The fourth-order valence-corrected chi connectivity index (χ4v) is 5.96. The average Bonchev–Trinajstić information content (AvgIpc) is 3.40. The topological polar surface area (TPSA) is 96.4 Å². The summed E-state index contributed by atoms with van der Waals surface area (Å²) in [5, 5.41) is 10.9. The summed E-state index contributed by atoms with van der Waals surface area (Å²) in [6.07, 6.45) is 1.55. The van der Waals surface area contributed by atoms with Crippen molar-refractivity contribution in [2.75, 3.05) is 26.2 Å². The number of aliphatic hydroxyl groups is 1. The Balaban J connectivity index is 1.25. The van der Waals surface area contributed by atoms with E-state index in [0.29, 0.717) is 23.4 Å². The van der Waals surface area contributed by atoms with Crippen LogP contribution < -0.4 is 0 Å². The highest BCUT2D eigenvalue weighted by atomic mass is 16.5. The molecule has 8 nitrogen and oxygen atoms in total. The number of hydrogen-bond acceptors (Lipinski definition) is 7. The Hall–Kier alpha value is -2.71. The number of carbonyl (C=O) groups is 3. The zero-order chi connectivity index (χ0) is 23.5. The van der Waals surface area contributed by atoms with Crippen molar-refractivity contribution in [1.29, 1.82) is 0 Å². The predicted molar refractivity (Wildman–Crippen MR) is 118 cm³/mol.